The van der Waals surface area contributed by atoms with Crippen molar-refractivity contribution in [3.8, 4) is 5.75 Å². The number of nitrogens with zero attached hydrogens (tertiary/aromatic N) is 3. The first-order valence-electron chi connectivity index (χ1n) is 8.09. The Morgan fingerprint density at radius 3 is 2.81 bits per heavy atom. The summed E-state index contributed by atoms with van der Waals surface area (Å²) in [5, 5.41) is 4.11. The molecule has 0 amide bonds. The summed E-state index contributed by atoms with van der Waals surface area (Å²) in [4.78, 5) is 23.7. The van der Waals surface area contributed by atoms with Crippen LogP contribution in [0.3, 0.4) is 0 Å². The molecule has 0 saturated heterocycles. The molecule has 0 radical (unpaired) electrons. The molecular weight excluding hydrogens is 330 g/mol. The van der Waals surface area contributed by atoms with Crippen LogP contribution in [0.1, 0.15) is 0 Å². The Hall–Kier alpha value is -3.61. The van der Waals surface area contributed by atoms with Gasteiger partial charge in [0.05, 0.1) is 23.7 Å². The van der Waals surface area contributed by atoms with Crippen LogP contribution in [-0.2, 0) is 6.54 Å². The van der Waals surface area contributed by atoms with Gasteiger partial charge in [-0.05, 0) is 36.4 Å². The van der Waals surface area contributed by atoms with Gasteiger partial charge in [-0.1, -0.05) is 6.08 Å². The van der Waals surface area contributed by atoms with E-state index < -0.39 is 0 Å². The Balaban J connectivity index is 1.82. The zero-order chi connectivity index (χ0) is 18.1. The maximum Gasteiger partial charge on any atom is 0.326 e. The minimum Gasteiger partial charge on any atom is -0.497 e. The Morgan fingerprint density at radius 2 is 2.08 bits per heavy atom. The van der Waals surface area contributed by atoms with E-state index in [-0.39, 0.29) is 5.69 Å². The van der Waals surface area contributed by atoms with Crippen LogP contribution in [0.2, 0.25) is 0 Å². The lowest BCUT2D eigenvalue weighted by molar-refractivity contribution is 0.415. The molecule has 0 bridgehead atoms. The first kappa shape index (κ1) is 15.9. The molecule has 26 heavy (non-hydrogen) atoms. The van der Waals surface area contributed by atoms with Crippen molar-refractivity contribution in [1.29, 1.82) is 0 Å². The molecule has 0 fully saturated rings. The van der Waals surface area contributed by atoms with Gasteiger partial charge in [0.2, 0.25) is 0 Å². The highest BCUT2D eigenvalue weighted by atomic mass is 16.5. The number of fused-ring (bicyclic) bond motifs is 2. The number of aromatic nitrogens is 4. The first-order chi connectivity index (χ1) is 12.7. The predicted molar refractivity (Wildman–Crippen MR) is 102 cm³/mol. The Kier molecular flexibility index (Phi) is 3.89. The van der Waals surface area contributed by atoms with Crippen LogP contribution in [0.5, 0.6) is 5.75 Å². The Labute approximate surface area is 149 Å². The summed E-state index contributed by atoms with van der Waals surface area (Å²) in [7, 11) is 1.63. The highest BCUT2D eigenvalue weighted by molar-refractivity contribution is 5.99. The maximum atomic E-state index is 12.1. The summed E-state index contributed by atoms with van der Waals surface area (Å²) >= 11 is 0. The second kappa shape index (κ2) is 6.36. The predicted octanol–water partition coefficient (Wildman–Crippen LogP) is 3.21. The SMILES string of the molecule is C=CCn1c(=O)[nH]c2cc3c(Nc4ccc(OC)cc4)ncnc3cc21. The molecule has 0 aliphatic carbocycles. The van der Waals surface area contributed by atoms with E-state index in [1.165, 1.54) is 6.33 Å². The van der Waals surface area contributed by atoms with Gasteiger partial charge in [0.15, 0.2) is 0 Å². The topological polar surface area (TPSA) is 84.8 Å². The third kappa shape index (κ3) is 2.69. The number of hydrogen-bond donors (Lipinski definition) is 2. The van der Waals surface area contributed by atoms with Crippen molar-refractivity contribution < 1.29 is 4.74 Å². The number of H-pyrrole nitrogens is 1. The fourth-order valence-electron chi connectivity index (χ4n) is 2.93. The van der Waals surface area contributed by atoms with Gasteiger partial charge in [-0.2, -0.15) is 0 Å². The fraction of sp³-hybridized carbons (Fsp3) is 0.105. The number of aromatic amines is 1. The fourth-order valence-corrected chi connectivity index (χ4v) is 2.93. The van der Waals surface area contributed by atoms with E-state index in [0.717, 1.165) is 33.4 Å². The van der Waals surface area contributed by atoms with Crippen molar-refractivity contribution in [2.45, 2.75) is 6.54 Å². The van der Waals surface area contributed by atoms with Gasteiger partial charge in [-0.25, -0.2) is 14.8 Å². The summed E-state index contributed by atoms with van der Waals surface area (Å²) in [5.74, 6) is 1.45. The van der Waals surface area contributed by atoms with Gasteiger partial charge in [-0.3, -0.25) is 4.57 Å². The van der Waals surface area contributed by atoms with Gasteiger partial charge in [-0.15, -0.1) is 6.58 Å². The van der Waals surface area contributed by atoms with Crippen molar-refractivity contribution in [3.05, 3.63) is 65.9 Å². The minimum absolute atomic E-state index is 0.173. The van der Waals surface area contributed by atoms with Gasteiger partial charge < -0.3 is 15.0 Å². The molecule has 0 aliphatic heterocycles. The summed E-state index contributed by atoms with van der Waals surface area (Å²) in [6.45, 7) is 4.14. The molecule has 4 aromatic rings. The number of anilines is 2. The zero-order valence-electron chi connectivity index (χ0n) is 14.2. The quantitative estimate of drug-likeness (QED) is 0.542. The summed E-state index contributed by atoms with van der Waals surface area (Å²) < 4.78 is 6.80. The average molecular weight is 347 g/mol. The van der Waals surface area contributed by atoms with Crippen molar-refractivity contribution in [1.82, 2.24) is 19.5 Å². The number of benzene rings is 2. The molecule has 2 heterocycles. The number of methoxy groups -OCH3 is 1. The molecule has 130 valence electrons. The molecule has 2 N–H and O–H groups in total. The van der Waals surface area contributed by atoms with Crippen LogP contribution < -0.4 is 15.7 Å². The van der Waals surface area contributed by atoms with E-state index in [9.17, 15) is 4.79 Å². The third-order valence-electron chi connectivity index (χ3n) is 4.19. The van der Waals surface area contributed by atoms with Crippen LogP contribution in [-0.4, -0.2) is 26.6 Å². The number of ether oxygens (including phenoxy) is 1. The van der Waals surface area contributed by atoms with Gasteiger partial charge in [0, 0.05) is 17.6 Å². The number of hydrogen-bond acceptors (Lipinski definition) is 5. The van der Waals surface area contributed by atoms with E-state index in [4.69, 9.17) is 4.74 Å². The minimum atomic E-state index is -0.173. The highest BCUT2D eigenvalue weighted by Gasteiger charge is 2.11. The molecule has 0 atom stereocenters. The van der Waals surface area contributed by atoms with Crippen LogP contribution in [0.15, 0.2) is 60.2 Å². The molecular formula is C19H17N5O2. The molecule has 2 aromatic heterocycles. The largest absolute Gasteiger partial charge is 0.497 e. The molecule has 7 nitrogen and oxygen atoms in total. The first-order valence-corrected chi connectivity index (χ1v) is 8.09. The molecule has 0 aliphatic rings. The number of nitrogens with one attached hydrogen (secondary N) is 2. The van der Waals surface area contributed by atoms with Crippen LogP contribution in [0, 0.1) is 0 Å². The number of imidazole rings is 1. The van der Waals surface area contributed by atoms with E-state index in [0.29, 0.717) is 12.4 Å². The number of rotatable bonds is 5. The van der Waals surface area contributed by atoms with Crippen molar-refractivity contribution in [3.63, 3.8) is 0 Å². The highest BCUT2D eigenvalue weighted by Crippen LogP contribution is 2.27. The Bertz CT molecular complexity index is 1160. The second-order valence-electron chi connectivity index (χ2n) is 5.79. The molecule has 4 rings (SSSR count). The van der Waals surface area contributed by atoms with Gasteiger partial charge >= 0.3 is 5.69 Å². The lowest BCUT2D eigenvalue weighted by atomic mass is 10.2. The lowest BCUT2D eigenvalue weighted by Gasteiger charge is -2.09. The summed E-state index contributed by atoms with van der Waals surface area (Å²) in [5.41, 5.74) is 2.98. The number of allylic oxidation sites excluding steroid dienone is 1. The molecule has 0 saturated carbocycles. The zero-order valence-corrected chi connectivity index (χ0v) is 14.2. The van der Waals surface area contributed by atoms with E-state index in [2.05, 4.69) is 26.8 Å². The second-order valence-corrected chi connectivity index (χ2v) is 5.79. The molecule has 2 aromatic carbocycles. The van der Waals surface area contributed by atoms with Crippen LogP contribution in [0.25, 0.3) is 21.9 Å². The van der Waals surface area contributed by atoms with E-state index >= 15 is 0 Å². The summed E-state index contributed by atoms with van der Waals surface area (Å²) in [6, 6.07) is 11.3. The van der Waals surface area contributed by atoms with Crippen molar-refractivity contribution in [2.75, 3.05) is 12.4 Å². The van der Waals surface area contributed by atoms with E-state index in [1.54, 1.807) is 17.8 Å². The molecule has 7 heteroatoms. The van der Waals surface area contributed by atoms with Crippen LogP contribution >= 0.6 is 0 Å². The lowest BCUT2D eigenvalue weighted by Crippen LogP contribution is -2.15. The van der Waals surface area contributed by atoms with E-state index in [1.807, 2.05) is 36.4 Å². The van der Waals surface area contributed by atoms with Crippen molar-refractivity contribution in [2.24, 2.45) is 0 Å². The standard InChI is InChI=1S/C19H17N5O2/c1-3-8-24-17-10-15-14(9-16(17)23-19(24)25)18(21-11-20-15)22-12-4-6-13(26-2)7-5-12/h3-7,9-11H,1,8H2,2H3,(H,23,25)(H,20,21,22). The normalized spacial score (nSPS) is 11.0. The average Bonchev–Trinajstić information content (AvgIpc) is 2.96. The smallest absolute Gasteiger partial charge is 0.326 e. The Morgan fingerprint density at radius 1 is 1.27 bits per heavy atom. The molecule has 0 spiro atoms. The van der Waals surface area contributed by atoms with Crippen molar-refractivity contribution >= 4 is 33.4 Å². The third-order valence-corrected chi connectivity index (χ3v) is 4.19. The van der Waals surface area contributed by atoms with Gasteiger partial charge in [0.25, 0.3) is 0 Å². The summed E-state index contributed by atoms with van der Waals surface area (Å²) in [6.07, 6.45) is 3.19. The van der Waals surface area contributed by atoms with Gasteiger partial charge in [0.1, 0.15) is 17.9 Å². The maximum absolute atomic E-state index is 12.1. The molecule has 0 unspecified atom stereocenters. The van der Waals surface area contributed by atoms with Crippen LogP contribution in [0.4, 0.5) is 11.5 Å². The monoisotopic (exact) mass is 347 g/mol.